The van der Waals surface area contributed by atoms with Gasteiger partial charge in [-0.15, -0.1) is 0 Å². The van der Waals surface area contributed by atoms with Crippen molar-refractivity contribution in [1.82, 2.24) is 10.3 Å². The molecule has 1 aromatic heterocycles. The van der Waals surface area contributed by atoms with E-state index in [1.54, 1.807) is 13.0 Å². The lowest BCUT2D eigenvalue weighted by atomic mass is 9.98. The number of hydrogen-bond acceptors (Lipinski definition) is 5. The van der Waals surface area contributed by atoms with Gasteiger partial charge in [-0.2, -0.15) is 0 Å². The molecular formula is C15H20N2O4. The van der Waals surface area contributed by atoms with E-state index in [1.165, 1.54) is 12.6 Å². The van der Waals surface area contributed by atoms with Gasteiger partial charge in [0.2, 0.25) is 0 Å². The van der Waals surface area contributed by atoms with E-state index in [0.717, 1.165) is 25.7 Å². The summed E-state index contributed by atoms with van der Waals surface area (Å²) in [5, 5.41) is 12.2. The first-order valence-corrected chi connectivity index (χ1v) is 7.20. The molecule has 1 fully saturated rings. The zero-order chi connectivity index (χ0) is 15.2. The highest BCUT2D eigenvalue weighted by Crippen LogP contribution is 2.20. The second kappa shape index (κ2) is 7.06. The van der Waals surface area contributed by atoms with E-state index in [2.05, 4.69) is 10.3 Å². The fraction of sp³-hybridized carbons (Fsp3) is 0.533. The van der Waals surface area contributed by atoms with Gasteiger partial charge in [-0.25, -0.2) is 4.98 Å². The second-order valence-corrected chi connectivity index (χ2v) is 5.26. The van der Waals surface area contributed by atoms with E-state index >= 15 is 0 Å². The number of amides is 1. The molecule has 1 aliphatic rings. The summed E-state index contributed by atoms with van der Waals surface area (Å²) in [6.07, 6.45) is 6.51. The van der Waals surface area contributed by atoms with Crippen LogP contribution in [0, 0.1) is 6.92 Å². The third kappa shape index (κ3) is 4.18. The molecule has 6 nitrogen and oxygen atoms in total. The maximum atomic E-state index is 11.9. The minimum atomic E-state index is -0.586. The molecule has 2 rings (SSSR count). The van der Waals surface area contributed by atoms with Crippen LogP contribution in [0.1, 0.15) is 48.2 Å². The summed E-state index contributed by atoms with van der Waals surface area (Å²) >= 11 is 0. The molecular weight excluding hydrogens is 272 g/mol. The summed E-state index contributed by atoms with van der Waals surface area (Å²) in [6, 6.07) is 1.60. The van der Waals surface area contributed by atoms with Crippen molar-refractivity contribution < 1.29 is 19.4 Å². The number of aryl methyl sites for hydroxylation is 1. The van der Waals surface area contributed by atoms with E-state index in [-0.39, 0.29) is 24.1 Å². The Morgan fingerprint density at radius 3 is 2.81 bits per heavy atom. The molecule has 2 N–H and O–H groups in total. The van der Waals surface area contributed by atoms with Crippen molar-refractivity contribution in [2.75, 3.05) is 6.54 Å². The van der Waals surface area contributed by atoms with E-state index in [0.29, 0.717) is 5.56 Å². The van der Waals surface area contributed by atoms with Crippen LogP contribution in [0.4, 0.5) is 0 Å². The summed E-state index contributed by atoms with van der Waals surface area (Å²) in [7, 11) is 0. The molecule has 0 spiro atoms. The monoisotopic (exact) mass is 292 g/mol. The van der Waals surface area contributed by atoms with Gasteiger partial charge in [0.1, 0.15) is 18.4 Å². The predicted octanol–water partition coefficient (Wildman–Crippen LogP) is 1.70. The molecule has 0 aromatic carbocycles. The Morgan fingerprint density at radius 1 is 1.38 bits per heavy atom. The van der Waals surface area contributed by atoms with Gasteiger partial charge in [0, 0.05) is 6.20 Å². The minimum Gasteiger partial charge on any atom is -0.505 e. The van der Waals surface area contributed by atoms with Crippen molar-refractivity contribution in [3.8, 4) is 5.75 Å². The summed E-state index contributed by atoms with van der Waals surface area (Å²) in [6.45, 7) is 1.45. The normalized spacial score (nSPS) is 15.5. The molecule has 0 unspecified atom stereocenters. The molecule has 6 heteroatoms. The number of esters is 1. The topological polar surface area (TPSA) is 88.5 Å². The quantitative estimate of drug-likeness (QED) is 0.825. The number of hydrogen-bond donors (Lipinski definition) is 2. The van der Waals surface area contributed by atoms with Crippen molar-refractivity contribution in [3.05, 3.63) is 23.5 Å². The Hall–Kier alpha value is -2.11. The predicted molar refractivity (Wildman–Crippen MR) is 75.9 cm³/mol. The highest BCUT2D eigenvalue weighted by atomic mass is 16.5. The summed E-state index contributed by atoms with van der Waals surface area (Å²) in [4.78, 5) is 27.4. The first kappa shape index (κ1) is 15.3. The number of aromatic hydroxyl groups is 1. The van der Waals surface area contributed by atoms with Crippen LogP contribution in [0.3, 0.4) is 0 Å². The van der Waals surface area contributed by atoms with Crippen molar-refractivity contribution >= 4 is 11.9 Å². The highest BCUT2D eigenvalue weighted by molar-refractivity contribution is 5.96. The van der Waals surface area contributed by atoms with Gasteiger partial charge in [0.25, 0.3) is 5.91 Å². The van der Waals surface area contributed by atoms with Crippen LogP contribution in [-0.2, 0) is 9.53 Å². The van der Waals surface area contributed by atoms with Crippen LogP contribution < -0.4 is 5.32 Å². The van der Waals surface area contributed by atoms with Gasteiger partial charge in [-0.1, -0.05) is 6.42 Å². The van der Waals surface area contributed by atoms with Crippen molar-refractivity contribution in [1.29, 1.82) is 0 Å². The Balaban J connectivity index is 1.83. The average Bonchev–Trinajstić information content (AvgIpc) is 2.48. The number of rotatable bonds is 4. The third-order valence-corrected chi connectivity index (χ3v) is 3.58. The van der Waals surface area contributed by atoms with Gasteiger partial charge >= 0.3 is 5.97 Å². The minimum absolute atomic E-state index is 0.0337. The standard InChI is InChI=1S/C15H20N2O4/c1-10-7-8-16-13(14(10)19)15(20)17-9-12(18)21-11-5-3-2-4-6-11/h7-8,11,19H,2-6,9H2,1H3,(H,17,20). The van der Waals surface area contributed by atoms with Crippen molar-refractivity contribution in [3.63, 3.8) is 0 Å². The summed E-state index contributed by atoms with van der Waals surface area (Å²) < 4.78 is 5.29. The summed E-state index contributed by atoms with van der Waals surface area (Å²) in [5.74, 6) is -1.21. The smallest absolute Gasteiger partial charge is 0.325 e. The average molecular weight is 292 g/mol. The van der Waals surface area contributed by atoms with Crippen molar-refractivity contribution in [2.24, 2.45) is 0 Å². The molecule has 21 heavy (non-hydrogen) atoms. The van der Waals surface area contributed by atoms with Crippen LogP contribution in [-0.4, -0.2) is 34.6 Å². The Bertz CT molecular complexity index is 524. The molecule has 114 valence electrons. The van der Waals surface area contributed by atoms with E-state index < -0.39 is 11.9 Å². The lowest BCUT2D eigenvalue weighted by molar-refractivity contribution is -0.149. The molecule has 0 saturated heterocycles. The van der Waals surface area contributed by atoms with E-state index in [1.807, 2.05) is 0 Å². The van der Waals surface area contributed by atoms with Crippen LogP contribution in [0.2, 0.25) is 0 Å². The third-order valence-electron chi connectivity index (χ3n) is 3.58. The Kier molecular flexibility index (Phi) is 5.14. The number of aromatic nitrogens is 1. The van der Waals surface area contributed by atoms with Crippen LogP contribution in [0.25, 0.3) is 0 Å². The first-order valence-electron chi connectivity index (χ1n) is 7.20. The van der Waals surface area contributed by atoms with Gasteiger partial charge in [0.15, 0.2) is 5.69 Å². The SMILES string of the molecule is Cc1ccnc(C(=O)NCC(=O)OC2CCCCC2)c1O. The lowest BCUT2D eigenvalue weighted by Crippen LogP contribution is -2.33. The van der Waals surface area contributed by atoms with Gasteiger partial charge in [-0.05, 0) is 44.2 Å². The Morgan fingerprint density at radius 2 is 2.10 bits per heavy atom. The molecule has 0 aliphatic heterocycles. The Labute approximate surface area is 123 Å². The van der Waals surface area contributed by atoms with Crippen LogP contribution >= 0.6 is 0 Å². The maximum absolute atomic E-state index is 11.9. The molecule has 1 aliphatic carbocycles. The number of pyridine rings is 1. The van der Waals surface area contributed by atoms with Crippen LogP contribution in [0.15, 0.2) is 12.3 Å². The number of carbonyl (C=O) groups is 2. The number of nitrogens with zero attached hydrogens (tertiary/aromatic N) is 1. The lowest BCUT2D eigenvalue weighted by Gasteiger charge is -2.21. The van der Waals surface area contributed by atoms with E-state index in [9.17, 15) is 14.7 Å². The zero-order valence-electron chi connectivity index (χ0n) is 12.1. The fourth-order valence-electron chi connectivity index (χ4n) is 2.36. The summed E-state index contributed by atoms with van der Waals surface area (Å²) in [5.41, 5.74) is 0.473. The largest absolute Gasteiger partial charge is 0.505 e. The number of nitrogens with one attached hydrogen (secondary N) is 1. The number of carbonyl (C=O) groups excluding carboxylic acids is 2. The van der Waals surface area contributed by atoms with Gasteiger partial charge in [-0.3, -0.25) is 9.59 Å². The molecule has 0 atom stereocenters. The molecule has 0 radical (unpaired) electrons. The molecule has 1 saturated carbocycles. The fourth-order valence-corrected chi connectivity index (χ4v) is 2.36. The molecule has 1 heterocycles. The first-order chi connectivity index (χ1) is 10.1. The van der Waals surface area contributed by atoms with Crippen LogP contribution in [0.5, 0.6) is 5.75 Å². The molecule has 0 bridgehead atoms. The highest BCUT2D eigenvalue weighted by Gasteiger charge is 2.19. The zero-order valence-corrected chi connectivity index (χ0v) is 12.1. The van der Waals surface area contributed by atoms with Crippen molar-refractivity contribution in [2.45, 2.75) is 45.1 Å². The molecule has 1 amide bonds. The second-order valence-electron chi connectivity index (χ2n) is 5.26. The van der Waals surface area contributed by atoms with E-state index in [4.69, 9.17) is 4.74 Å². The maximum Gasteiger partial charge on any atom is 0.325 e. The molecule has 1 aromatic rings. The number of ether oxygens (including phenoxy) is 1. The van der Waals surface area contributed by atoms with Gasteiger partial charge < -0.3 is 15.2 Å². The van der Waals surface area contributed by atoms with Gasteiger partial charge in [0.05, 0.1) is 0 Å².